The Morgan fingerprint density at radius 2 is 1.68 bits per heavy atom. The van der Waals surface area contributed by atoms with Gasteiger partial charge in [-0.15, -0.1) is 0 Å². The summed E-state index contributed by atoms with van der Waals surface area (Å²) in [6.07, 6.45) is 1.29. The highest BCUT2D eigenvalue weighted by Crippen LogP contribution is 2.14. The van der Waals surface area contributed by atoms with Crippen LogP contribution < -0.4 is 10.6 Å². The third kappa shape index (κ3) is 3.72. The molecule has 5 nitrogen and oxygen atoms in total. The monoisotopic (exact) mass is 288 g/mol. The summed E-state index contributed by atoms with van der Waals surface area (Å²) in [5.41, 5.74) is 1.48. The summed E-state index contributed by atoms with van der Waals surface area (Å²) in [5, 5.41) is 23.5. The number of nitrogens with zero attached hydrogens (tertiary/aromatic N) is 2. The molecule has 0 spiro atoms. The first-order valence-corrected chi connectivity index (χ1v) is 6.47. The van der Waals surface area contributed by atoms with Gasteiger partial charge in [0.05, 0.1) is 11.3 Å². The van der Waals surface area contributed by atoms with Crippen molar-refractivity contribution < 1.29 is 4.79 Å². The van der Waals surface area contributed by atoms with Crippen LogP contribution in [-0.4, -0.2) is 5.91 Å². The fraction of sp³-hybridized carbons (Fsp3) is 0. The van der Waals surface area contributed by atoms with E-state index in [1.165, 1.54) is 6.20 Å². The quantitative estimate of drug-likeness (QED) is 0.668. The lowest BCUT2D eigenvalue weighted by Gasteiger charge is -2.05. The molecule has 0 saturated carbocycles. The normalized spacial score (nSPS) is 10.2. The van der Waals surface area contributed by atoms with Crippen LogP contribution >= 0.6 is 0 Å². The Morgan fingerprint density at radius 1 is 1.00 bits per heavy atom. The molecule has 0 radical (unpaired) electrons. The summed E-state index contributed by atoms with van der Waals surface area (Å²) >= 11 is 0. The summed E-state index contributed by atoms with van der Waals surface area (Å²) < 4.78 is 0. The Balaban J connectivity index is 2.13. The van der Waals surface area contributed by atoms with Crippen molar-refractivity contribution in [1.82, 2.24) is 0 Å². The molecular formula is C17H12N4O. The van der Waals surface area contributed by atoms with Crippen LogP contribution in [0.15, 0.2) is 66.4 Å². The fourth-order valence-corrected chi connectivity index (χ4v) is 1.72. The minimum Gasteiger partial charge on any atom is -0.359 e. The molecule has 0 aliphatic heterocycles. The molecular weight excluding hydrogens is 276 g/mol. The number of benzene rings is 2. The first-order valence-electron chi connectivity index (χ1n) is 6.47. The van der Waals surface area contributed by atoms with Crippen LogP contribution in [0.2, 0.25) is 0 Å². The van der Waals surface area contributed by atoms with Crippen LogP contribution in [0.4, 0.5) is 11.4 Å². The summed E-state index contributed by atoms with van der Waals surface area (Å²) in [6, 6.07) is 19.6. The van der Waals surface area contributed by atoms with Gasteiger partial charge in [-0.3, -0.25) is 4.79 Å². The van der Waals surface area contributed by atoms with Gasteiger partial charge >= 0.3 is 0 Å². The number of nitrogens with one attached hydrogen (secondary N) is 2. The minimum absolute atomic E-state index is 0.0865. The van der Waals surface area contributed by atoms with Crippen LogP contribution in [0.5, 0.6) is 0 Å². The fourth-order valence-electron chi connectivity index (χ4n) is 1.72. The van der Waals surface area contributed by atoms with E-state index in [0.29, 0.717) is 16.9 Å². The molecule has 1 amide bonds. The minimum atomic E-state index is -0.518. The highest BCUT2D eigenvalue weighted by molar-refractivity contribution is 6.06. The molecule has 0 aromatic heterocycles. The maximum absolute atomic E-state index is 12.0. The van der Waals surface area contributed by atoms with E-state index in [4.69, 9.17) is 10.5 Å². The molecule has 22 heavy (non-hydrogen) atoms. The molecule has 2 aromatic carbocycles. The zero-order valence-electron chi connectivity index (χ0n) is 11.6. The molecule has 0 atom stereocenters. The highest BCUT2D eigenvalue weighted by atomic mass is 16.1. The third-order valence-electron chi connectivity index (χ3n) is 2.82. The van der Waals surface area contributed by atoms with Gasteiger partial charge in [0, 0.05) is 11.9 Å². The second kappa shape index (κ2) is 7.28. The van der Waals surface area contributed by atoms with Crippen LogP contribution in [-0.2, 0) is 4.79 Å². The van der Waals surface area contributed by atoms with Crippen molar-refractivity contribution in [3.8, 4) is 12.1 Å². The maximum Gasteiger partial charge on any atom is 0.267 e. The van der Waals surface area contributed by atoms with Gasteiger partial charge in [-0.2, -0.15) is 10.5 Å². The van der Waals surface area contributed by atoms with Crippen molar-refractivity contribution in [2.24, 2.45) is 0 Å². The predicted molar refractivity (Wildman–Crippen MR) is 83.5 cm³/mol. The average Bonchev–Trinajstić information content (AvgIpc) is 2.56. The molecule has 2 aromatic rings. The van der Waals surface area contributed by atoms with Crippen LogP contribution in [0.3, 0.4) is 0 Å². The largest absolute Gasteiger partial charge is 0.359 e. The standard InChI is InChI=1S/C17H12N4O/c18-10-13-6-4-5-9-16(13)20-12-14(11-19)17(22)21-15-7-2-1-3-8-15/h1-9,12,20H,(H,21,22). The molecule has 0 aliphatic carbocycles. The lowest BCUT2D eigenvalue weighted by Crippen LogP contribution is -2.14. The molecule has 0 saturated heterocycles. The van der Waals surface area contributed by atoms with E-state index in [1.54, 1.807) is 48.5 Å². The molecule has 106 valence electrons. The van der Waals surface area contributed by atoms with E-state index in [9.17, 15) is 4.79 Å². The van der Waals surface area contributed by atoms with E-state index in [1.807, 2.05) is 18.2 Å². The lowest BCUT2D eigenvalue weighted by molar-refractivity contribution is -0.112. The van der Waals surface area contributed by atoms with Crippen molar-refractivity contribution in [2.45, 2.75) is 0 Å². The summed E-state index contributed by atoms with van der Waals surface area (Å²) in [7, 11) is 0. The number of carbonyl (C=O) groups is 1. The summed E-state index contributed by atoms with van der Waals surface area (Å²) in [5.74, 6) is -0.518. The number of hydrogen-bond donors (Lipinski definition) is 2. The van der Waals surface area contributed by atoms with Gasteiger partial charge < -0.3 is 10.6 Å². The van der Waals surface area contributed by atoms with Crippen molar-refractivity contribution in [2.75, 3.05) is 10.6 Å². The van der Waals surface area contributed by atoms with Crippen LogP contribution in [0, 0.1) is 22.7 Å². The van der Waals surface area contributed by atoms with E-state index in [2.05, 4.69) is 10.6 Å². The number of carbonyl (C=O) groups excluding carboxylic acids is 1. The van der Waals surface area contributed by atoms with Crippen LogP contribution in [0.25, 0.3) is 0 Å². The predicted octanol–water partition coefficient (Wildman–Crippen LogP) is 3.02. The summed E-state index contributed by atoms with van der Waals surface area (Å²) in [6.45, 7) is 0. The van der Waals surface area contributed by atoms with E-state index in [0.717, 1.165) is 0 Å². The van der Waals surface area contributed by atoms with Gasteiger partial charge in [-0.05, 0) is 24.3 Å². The number of nitriles is 2. The van der Waals surface area contributed by atoms with Crippen molar-refractivity contribution in [3.05, 3.63) is 71.9 Å². The number of anilines is 2. The molecule has 0 heterocycles. The van der Waals surface area contributed by atoms with Gasteiger partial charge in [-0.25, -0.2) is 0 Å². The Morgan fingerprint density at radius 3 is 2.36 bits per heavy atom. The number of para-hydroxylation sites is 2. The van der Waals surface area contributed by atoms with Gasteiger partial charge in [0.25, 0.3) is 5.91 Å². The third-order valence-corrected chi connectivity index (χ3v) is 2.82. The molecule has 0 aliphatic rings. The maximum atomic E-state index is 12.0. The topological polar surface area (TPSA) is 88.7 Å². The Hall–Kier alpha value is -3.57. The Bertz CT molecular complexity index is 782. The van der Waals surface area contributed by atoms with Gasteiger partial charge in [-0.1, -0.05) is 30.3 Å². The molecule has 0 fully saturated rings. The molecule has 2 N–H and O–H groups in total. The zero-order valence-corrected chi connectivity index (χ0v) is 11.6. The number of rotatable bonds is 4. The van der Waals surface area contributed by atoms with Crippen molar-refractivity contribution in [1.29, 1.82) is 10.5 Å². The average molecular weight is 288 g/mol. The molecule has 0 unspecified atom stereocenters. The van der Waals surface area contributed by atoms with Gasteiger partial charge in [0.1, 0.15) is 17.7 Å². The number of amides is 1. The Labute approximate surface area is 128 Å². The lowest BCUT2D eigenvalue weighted by atomic mass is 10.2. The molecule has 2 rings (SSSR count). The van der Waals surface area contributed by atoms with Gasteiger partial charge in [0.15, 0.2) is 0 Å². The molecule has 0 bridgehead atoms. The number of hydrogen-bond acceptors (Lipinski definition) is 4. The van der Waals surface area contributed by atoms with Crippen LogP contribution in [0.1, 0.15) is 5.56 Å². The Kier molecular flexibility index (Phi) is 4.90. The zero-order chi connectivity index (χ0) is 15.8. The summed E-state index contributed by atoms with van der Waals surface area (Å²) in [4.78, 5) is 12.0. The second-order valence-corrected chi connectivity index (χ2v) is 4.29. The van der Waals surface area contributed by atoms with Crippen molar-refractivity contribution in [3.63, 3.8) is 0 Å². The van der Waals surface area contributed by atoms with Gasteiger partial charge in [0.2, 0.25) is 0 Å². The van der Waals surface area contributed by atoms with E-state index >= 15 is 0 Å². The first-order chi connectivity index (χ1) is 10.7. The SMILES string of the molecule is N#CC(=CNc1ccccc1C#N)C(=O)Nc1ccccc1. The van der Waals surface area contributed by atoms with E-state index < -0.39 is 5.91 Å². The van der Waals surface area contributed by atoms with E-state index in [-0.39, 0.29) is 5.57 Å². The molecule has 5 heteroatoms. The first kappa shape index (κ1) is 14.8. The smallest absolute Gasteiger partial charge is 0.267 e. The van der Waals surface area contributed by atoms with Crippen molar-refractivity contribution >= 4 is 17.3 Å². The second-order valence-electron chi connectivity index (χ2n) is 4.29. The highest BCUT2D eigenvalue weighted by Gasteiger charge is 2.09.